The predicted octanol–water partition coefficient (Wildman–Crippen LogP) is 3.64. The maximum Gasteiger partial charge on any atom is 0.167 e. The van der Waals surface area contributed by atoms with Gasteiger partial charge < -0.3 is 16.4 Å². The molecule has 0 radical (unpaired) electrons. The average molecular weight is 359 g/mol. The number of rotatable bonds is 4. The van der Waals surface area contributed by atoms with Crippen LogP contribution in [-0.2, 0) is 4.79 Å². The quantitative estimate of drug-likeness (QED) is 0.485. The molecule has 0 saturated carbocycles. The standard InChI is InChI=1S/C11H11N3O.C10H10N2/c1-8(10(13)7-15)14-11-5-3-2-4-9(11)6-12;1-11-10-7-6-8-4-2-3-5-9(8)12-10/h2-5,7,14H,13H2,1H3;2-7H,1H3,(H,11,12)/b10-8-;. The zero-order valence-electron chi connectivity index (χ0n) is 15.2. The molecule has 3 rings (SSSR count). The summed E-state index contributed by atoms with van der Waals surface area (Å²) in [6, 6.07) is 21.2. The summed E-state index contributed by atoms with van der Waals surface area (Å²) < 4.78 is 0. The van der Waals surface area contributed by atoms with E-state index in [0.717, 1.165) is 11.3 Å². The highest BCUT2D eigenvalue weighted by Crippen LogP contribution is 2.16. The van der Waals surface area contributed by atoms with Crippen LogP contribution in [-0.4, -0.2) is 18.3 Å². The number of nitrogens with two attached hydrogens (primary N) is 1. The van der Waals surface area contributed by atoms with E-state index in [1.54, 1.807) is 31.2 Å². The maximum absolute atomic E-state index is 10.4. The van der Waals surface area contributed by atoms with Crippen molar-refractivity contribution < 1.29 is 4.79 Å². The lowest BCUT2D eigenvalue weighted by molar-refractivity contribution is -0.105. The van der Waals surface area contributed by atoms with E-state index in [1.807, 2.05) is 37.4 Å². The van der Waals surface area contributed by atoms with Gasteiger partial charge in [0.2, 0.25) is 0 Å². The lowest BCUT2D eigenvalue weighted by Crippen LogP contribution is -2.08. The number of aldehydes is 1. The second-order valence-corrected chi connectivity index (χ2v) is 5.62. The van der Waals surface area contributed by atoms with Gasteiger partial charge in [0.1, 0.15) is 11.9 Å². The first-order valence-corrected chi connectivity index (χ1v) is 8.30. The van der Waals surface area contributed by atoms with Crippen LogP contribution in [0.4, 0.5) is 11.5 Å². The highest BCUT2D eigenvalue weighted by Gasteiger charge is 2.02. The Labute approximate surface area is 158 Å². The fraction of sp³-hybridized carbons (Fsp3) is 0.0952. The number of aromatic nitrogens is 1. The topological polar surface area (TPSA) is 104 Å². The fourth-order valence-electron chi connectivity index (χ4n) is 2.26. The van der Waals surface area contributed by atoms with E-state index in [1.165, 1.54) is 5.39 Å². The molecule has 0 unspecified atom stereocenters. The smallest absolute Gasteiger partial charge is 0.167 e. The van der Waals surface area contributed by atoms with Crippen LogP contribution in [0.5, 0.6) is 0 Å². The Kier molecular flexibility index (Phi) is 6.91. The van der Waals surface area contributed by atoms with Gasteiger partial charge in [-0.25, -0.2) is 4.98 Å². The first-order chi connectivity index (χ1) is 13.1. The highest BCUT2D eigenvalue weighted by atomic mass is 16.1. The molecule has 0 fully saturated rings. The molecular weight excluding hydrogens is 338 g/mol. The van der Waals surface area contributed by atoms with Crippen molar-refractivity contribution >= 4 is 28.7 Å². The predicted molar refractivity (Wildman–Crippen MR) is 109 cm³/mol. The number of carbonyl (C=O) groups is 1. The molecule has 1 aromatic heterocycles. The van der Waals surface area contributed by atoms with Gasteiger partial charge in [-0.05, 0) is 37.3 Å². The number of pyridine rings is 1. The van der Waals surface area contributed by atoms with Crippen molar-refractivity contribution in [2.75, 3.05) is 17.7 Å². The molecule has 2 aromatic carbocycles. The van der Waals surface area contributed by atoms with Crippen LogP contribution in [0.15, 0.2) is 72.1 Å². The third kappa shape index (κ3) is 5.31. The van der Waals surface area contributed by atoms with Crippen molar-refractivity contribution in [1.82, 2.24) is 4.98 Å². The average Bonchev–Trinajstić information content (AvgIpc) is 2.73. The number of carbonyl (C=O) groups excluding carboxylic acids is 1. The molecule has 0 atom stereocenters. The Morgan fingerprint density at radius 2 is 1.81 bits per heavy atom. The Balaban J connectivity index is 0.000000198. The molecule has 27 heavy (non-hydrogen) atoms. The molecule has 0 aliphatic carbocycles. The molecular formula is C21H21N5O. The minimum atomic E-state index is 0.128. The van der Waals surface area contributed by atoms with E-state index in [0.29, 0.717) is 23.2 Å². The van der Waals surface area contributed by atoms with Gasteiger partial charge in [0.05, 0.1) is 22.5 Å². The monoisotopic (exact) mass is 359 g/mol. The number of anilines is 2. The van der Waals surface area contributed by atoms with Crippen LogP contribution >= 0.6 is 0 Å². The Morgan fingerprint density at radius 3 is 2.52 bits per heavy atom. The van der Waals surface area contributed by atoms with Crippen molar-refractivity contribution in [3.63, 3.8) is 0 Å². The number of nitrogens with zero attached hydrogens (tertiary/aromatic N) is 2. The minimum absolute atomic E-state index is 0.128. The normalized spacial score (nSPS) is 10.7. The number of nitrogens with one attached hydrogen (secondary N) is 2. The van der Waals surface area contributed by atoms with Crippen LogP contribution in [0.2, 0.25) is 0 Å². The van der Waals surface area contributed by atoms with Gasteiger partial charge in [-0.2, -0.15) is 5.26 Å². The largest absolute Gasteiger partial charge is 0.395 e. The van der Waals surface area contributed by atoms with E-state index in [9.17, 15) is 4.79 Å². The third-order valence-corrected chi connectivity index (χ3v) is 3.78. The highest BCUT2D eigenvalue weighted by molar-refractivity contribution is 5.80. The number of nitriles is 1. The van der Waals surface area contributed by atoms with E-state index >= 15 is 0 Å². The van der Waals surface area contributed by atoms with Crippen molar-refractivity contribution in [3.05, 3.63) is 77.6 Å². The van der Waals surface area contributed by atoms with E-state index in [4.69, 9.17) is 11.0 Å². The molecule has 0 saturated heterocycles. The molecule has 4 N–H and O–H groups in total. The van der Waals surface area contributed by atoms with Crippen LogP contribution in [0.3, 0.4) is 0 Å². The minimum Gasteiger partial charge on any atom is -0.395 e. The number of para-hydroxylation sites is 2. The Morgan fingerprint density at radius 1 is 1.11 bits per heavy atom. The van der Waals surface area contributed by atoms with Gasteiger partial charge in [0, 0.05) is 18.1 Å². The van der Waals surface area contributed by atoms with Crippen LogP contribution in [0.1, 0.15) is 12.5 Å². The number of benzene rings is 2. The van der Waals surface area contributed by atoms with Crippen molar-refractivity contribution in [2.24, 2.45) is 5.73 Å². The van der Waals surface area contributed by atoms with Crippen molar-refractivity contribution in [2.45, 2.75) is 6.92 Å². The van der Waals surface area contributed by atoms with Gasteiger partial charge >= 0.3 is 0 Å². The maximum atomic E-state index is 10.4. The third-order valence-electron chi connectivity index (χ3n) is 3.78. The van der Waals surface area contributed by atoms with Crippen LogP contribution < -0.4 is 16.4 Å². The summed E-state index contributed by atoms with van der Waals surface area (Å²) in [5.41, 5.74) is 8.27. The first-order valence-electron chi connectivity index (χ1n) is 8.30. The summed E-state index contributed by atoms with van der Waals surface area (Å²) in [5.74, 6) is 0.911. The SMILES string of the molecule is C/C(Nc1ccccc1C#N)=C(/N)C=O.CNc1ccc2ccccc2n1. The summed E-state index contributed by atoms with van der Waals surface area (Å²) in [6.45, 7) is 1.68. The number of allylic oxidation sites excluding steroid dienone is 2. The second-order valence-electron chi connectivity index (χ2n) is 5.62. The van der Waals surface area contributed by atoms with Gasteiger partial charge in [-0.1, -0.05) is 30.3 Å². The molecule has 1 heterocycles. The Hall–Kier alpha value is -3.85. The molecule has 3 aromatic rings. The van der Waals surface area contributed by atoms with Crippen LogP contribution in [0, 0.1) is 11.3 Å². The molecule has 136 valence electrons. The summed E-state index contributed by atoms with van der Waals surface area (Å²) in [6.07, 6.45) is 0.567. The molecule has 6 heteroatoms. The van der Waals surface area contributed by atoms with E-state index in [2.05, 4.69) is 27.8 Å². The van der Waals surface area contributed by atoms with Gasteiger partial charge in [-0.15, -0.1) is 0 Å². The number of hydrogen-bond donors (Lipinski definition) is 3. The summed E-state index contributed by atoms with van der Waals surface area (Å²) in [5, 5.41) is 15.9. The Bertz CT molecular complexity index is 1000. The zero-order valence-corrected chi connectivity index (χ0v) is 15.2. The summed E-state index contributed by atoms with van der Waals surface area (Å²) in [7, 11) is 1.87. The molecule has 0 bridgehead atoms. The lowest BCUT2D eigenvalue weighted by Gasteiger charge is -2.08. The van der Waals surface area contributed by atoms with E-state index < -0.39 is 0 Å². The number of fused-ring (bicyclic) bond motifs is 1. The second kappa shape index (κ2) is 9.59. The molecule has 0 aliphatic rings. The molecule has 0 amide bonds. The lowest BCUT2D eigenvalue weighted by atomic mass is 10.2. The van der Waals surface area contributed by atoms with Crippen molar-refractivity contribution in [1.29, 1.82) is 5.26 Å². The molecule has 6 nitrogen and oxygen atoms in total. The molecule has 0 spiro atoms. The summed E-state index contributed by atoms with van der Waals surface area (Å²) >= 11 is 0. The van der Waals surface area contributed by atoms with E-state index in [-0.39, 0.29) is 5.70 Å². The van der Waals surface area contributed by atoms with Gasteiger partial charge in [-0.3, -0.25) is 4.79 Å². The van der Waals surface area contributed by atoms with Crippen molar-refractivity contribution in [3.8, 4) is 6.07 Å². The van der Waals surface area contributed by atoms with Gasteiger partial charge in [0.15, 0.2) is 6.29 Å². The van der Waals surface area contributed by atoms with Crippen LogP contribution in [0.25, 0.3) is 10.9 Å². The number of hydrogen-bond acceptors (Lipinski definition) is 6. The van der Waals surface area contributed by atoms with Gasteiger partial charge in [0.25, 0.3) is 0 Å². The zero-order chi connectivity index (χ0) is 19.6. The summed E-state index contributed by atoms with van der Waals surface area (Å²) in [4.78, 5) is 14.8. The first kappa shape index (κ1) is 19.5. The fourth-order valence-corrected chi connectivity index (χ4v) is 2.26. The molecule has 0 aliphatic heterocycles.